The summed E-state index contributed by atoms with van der Waals surface area (Å²) < 4.78 is 1.88. The molecule has 0 aliphatic carbocycles. The highest BCUT2D eigenvalue weighted by Crippen LogP contribution is 2.24. The van der Waals surface area contributed by atoms with Crippen LogP contribution < -0.4 is 5.32 Å². The Morgan fingerprint density at radius 3 is 2.74 bits per heavy atom. The van der Waals surface area contributed by atoms with Gasteiger partial charge in [0.2, 0.25) is 4.96 Å². The molecule has 4 rings (SSSR count). The van der Waals surface area contributed by atoms with Crippen LogP contribution >= 0.6 is 22.7 Å². The number of aromatic nitrogens is 3. The van der Waals surface area contributed by atoms with Gasteiger partial charge in [-0.3, -0.25) is 4.79 Å². The monoisotopic (exact) mass is 396 g/mol. The Bertz CT molecular complexity index is 1030. The quantitative estimate of drug-likeness (QED) is 0.502. The number of thiophene rings is 1. The first kappa shape index (κ1) is 17.9. The summed E-state index contributed by atoms with van der Waals surface area (Å²) in [5, 5.41) is 11.7. The average Bonchev–Trinajstić information content (AvgIpc) is 3.40. The lowest BCUT2D eigenvalue weighted by molar-refractivity contribution is 0.0954. The predicted octanol–water partition coefficient (Wildman–Crippen LogP) is 4.44. The number of hydrogen-bond acceptors (Lipinski definition) is 5. The van der Waals surface area contributed by atoms with Crippen molar-refractivity contribution in [3.05, 3.63) is 64.0 Å². The number of thiazole rings is 1. The van der Waals surface area contributed by atoms with Crippen LogP contribution in [-0.2, 0) is 12.8 Å². The number of carbonyl (C=O) groups is 1. The molecule has 27 heavy (non-hydrogen) atoms. The Balaban J connectivity index is 1.38. The van der Waals surface area contributed by atoms with Crippen LogP contribution in [0.25, 0.3) is 15.7 Å². The molecule has 0 saturated carbocycles. The van der Waals surface area contributed by atoms with E-state index >= 15 is 0 Å². The molecule has 0 aliphatic rings. The van der Waals surface area contributed by atoms with E-state index in [-0.39, 0.29) is 5.91 Å². The third-order valence-corrected chi connectivity index (χ3v) is 6.04. The standard InChI is InChI=1S/C20H20N4OS2/c1-2-4-14-6-8-15(9-7-14)19(25)21-11-10-16-13-27-20-22-18(23-24(16)20)17-5-3-12-26-17/h3,5-9,12-13H,2,4,10-11H2,1H3,(H,21,25). The van der Waals surface area contributed by atoms with Crippen molar-refractivity contribution in [2.24, 2.45) is 0 Å². The van der Waals surface area contributed by atoms with Crippen LogP contribution in [-0.4, -0.2) is 27.0 Å². The second-order valence-electron chi connectivity index (χ2n) is 6.29. The molecule has 138 valence electrons. The first-order valence-electron chi connectivity index (χ1n) is 8.98. The Morgan fingerprint density at radius 1 is 1.15 bits per heavy atom. The molecular formula is C20H20N4OS2. The molecule has 0 spiro atoms. The van der Waals surface area contributed by atoms with E-state index in [1.54, 1.807) is 22.7 Å². The third-order valence-electron chi connectivity index (χ3n) is 4.31. The normalized spacial score (nSPS) is 11.1. The van der Waals surface area contributed by atoms with Gasteiger partial charge in [0.25, 0.3) is 5.91 Å². The van der Waals surface area contributed by atoms with Gasteiger partial charge < -0.3 is 5.32 Å². The number of carbonyl (C=O) groups excluding carboxylic acids is 1. The van der Waals surface area contributed by atoms with Gasteiger partial charge in [0.15, 0.2) is 5.82 Å². The van der Waals surface area contributed by atoms with Crippen LogP contribution in [0.4, 0.5) is 0 Å². The number of amides is 1. The maximum Gasteiger partial charge on any atom is 0.251 e. The van der Waals surface area contributed by atoms with Crippen molar-refractivity contribution in [3.63, 3.8) is 0 Å². The molecule has 5 nitrogen and oxygen atoms in total. The topological polar surface area (TPSA) is 59.3 Å². The van der Waals surface area contributed by atoms with Gasteiger partial charge in [0.1, 0.15) is 0 Å². The van der Waals surface area contributed by atoms with Crippen molar-refractivity contribution in [2.75, 3.05) is 6.54 Å². The maximum absolute atomic E-state index is 12.3. The van der Waals surface area contributed by atoms with Gasteiger partial charge in [-0.05, 0) is 35.6 Å². The van der Waals surface area contributed by atoms with Gasteiger partial charge in [-0.1, -0.05) is 31.5 Å². The number of hydrogen-bond donors (Lipinski definition) is 1. The number of aryl methyl sites for hydroxylation is 1. The fourth-order valence-corrected chi connectivity index (χ4v) is 4.43. The van der Waals surface area contributed by atoms with Gasteiger partial charge in [-0.15, -0.1) is 27.8 Å². The number of nitrogens with zero attached hydrogens (tertiary/aromatic N) is 3. The van der Waals surface area contributed by atoms with Crippen molar-refractivity contribution in [1.82, 2.24) is 19.9 Å². The summed E-state index contributed by atoms with van der Waals surface area (Å²) in [5.41, 5.74) is 3.03. The summed E-state index contributed by atoms with van der Waals surface area (Å²) >= 11 is 3.21. The van der Waals surface area contributed by atoms with Crippen molar-refractivity contribution < 1.29 is 4.79 Å². The van der Waals surface area contributed by atoms with Gasteiger partial charge in [0.05, 0.1) is 10.6 Å². The smallest absolute Gasteiger partial charge is 0.251 e. The number of rotatable bonds is 7. The molecule has 0 fully saturated rings. The Labute approximate surface area is 165 Å². The Morgan fingerprint density at radius 2 is 2.00 bits per heavy atom. The molecule has 0 aliphatic heterocycles. The largest absolute Gasteiger partial charge is 0.352 e. The Hall–Kier alpha value is -2.51. The predicted molar refractivity (Wildman–Crippen MR) is 111 cm³/mol. The average molecular weight is 397 g/mol. The highest BCUT2D eigenvalue weighted by molar-refractivity contribution is 7.15. The van der Waals surface area contributed by atoms with Crippen molar-refractivity contribution in [3.8, 4) is 10.7 Å². The van der Waals surface area contributed by atoms with Crippen LogP contribution in [0.5, 0.6) is 0 Å². The summed E-state index contributed by atoms with van der Waals surface area (Å²) in [6.07, 6.45) is 2.87. The van der Waals surface area contributed by atoms with Crippen molar-refractivity contribution in [1.29, 1.82) is 0 Å². The molecule has 0 unspecified atom stereocenters. The molecule has 0 saturated heterocycles. The summed E-state index contributed by atoms with van der Waals surface area (Å²) in [7, 11) is 0. The fraction of sp³-hybridized carbons (Fsp3) is 0.250. The number of nitrogens with one attached hydrogen (secondary N) is 1. The lowest BCUT2D eigenvalue weighted by atomic mass is 10.1. The number of benzene rings is 1. The summed E-state index contributed by atoms with van der Waals surface area (Å²) in [4.78, 5) is 18.9. The van der Waals surface area contributed by atoms with Gasteiger partial charge in [0, 0.05) is 23.9 Å². The molecule has 7 heteroatoms. The van der Waals surface area contributed by atoms with E-state index in [4.69, 9.17) is 0 Å². The molecule has 1 aromatic carbocycles. The molecule has 3 aromatic heterocycles. The minimum absolute atomic E-state index is 0.0395. The van der Waals surface area contributed by atoms with E-state index in [1.165, 1.54) is 5.56 Å². The van der Waals surface area contributed by atoms with Crippen LogP contribution in [0.15, 0.2) is 47.2 Å². The van der Waals surface area contributed by atoms with E-state index < -0.39 is 0 Å². The minimum Gasteiger partial charge on any atom is -0.352 e. The van der Waals surface area contributed by atoms with Gasteiger partial charge >= 0.3 is 0 Å². The first-order chi connectivity index (χ1) is 13.2. The molecule has 0 bridgehead atoms. The zero-order valence-electron chi connectivity index (χ0n) is 15.0. The molecule has 4 aromatic rings. The van der Waals surface area contributed by atoms with E-state index in [2.05, 4.69) is 27.7 Å². The van der Waals surface area contributed by atoms with Crippen LogP contribution in [0, 0.1) is 0 Å². The zero-order valence-corrected chi connectivity index (χ0v) is 16.6. The summed E-state index contributed by atoms with van der Waals surface area (Å²) in [6, 6.07) is 11.9. The van der Waals surface area contributed by atoms with E-state index in [0.717, 1.165) is 34.2 Å². The molecule has 0 atom stereocenters. The summed E-state index contributed by atoms with van der Waals surface area (Å²) in [6.45, 7) is 2.72. The number of fused-ring (bicyclic) bond motifs is 1. The maximum atomic E-state index is 12.3. The SMILES string of the molecule is CCCc1ccc(C(=O)NCCc2csc3nc(-c4cccs4)nn23)cc1. The highest BCUT2D eigenvalue weighted by Gasteiger charge is 2.12. The van der Waals surface area contributed by atoms with Gasteiger partial charge in [-0.2, -0.15) is 4.98 Å². The van der Waals surface area contributed by atoms with Crippen molar-refractivity contribution in [2.45, 2.75) is 26.2 Å². The van der Waals surface area contributed by atoms with Crippen molar-refractivity contribution >= 4 is 33.5 Å². The second-order valence-corrected chi connectivity index (χ2v) is 8.07. The van der Waals surface area contributed by atoms with Crippen LogP contribution in [0.2, 0.25) is 0 Å². The minimum atomic E-state index is -0.0395. The van der Waals surface area contributed by atoms with E-state index in [9.17, 15) is 4.79 Å². The van der Waals surface area contributed by atoms with E-state index in [0.29, 0.717) is 18.5 Å². The lowest BCUT2D eigenvalue weighted by Gasteiger charge is -2.06. The fourth-order valence-electron chi connectivity index (χ4n) is 2.92. The molecule has 0 radical (unpaired) electrons. The summed E-state index contributed by atoms with van der Waals surface area (Å²) in [5.74, 6) is 0.719. The van der Waals surface area contributed by atoms with E-state index in [1.807, 2.05) is 46.3 Å². The van der Waals surface area contributed by atoms with Gasteiger partial charge in [-0.25, -0.2) is 4.52 Å². The Kier molecular flexibility index (Phi) is 5.31. The molecule has 1 N–H and O–H groups in total. The molecular weight excluding hydrogens is 376 g/mol. The third kappa shape index (κ3) is 3.94. The first-order valence-corrected chi connectivity index (χ1v) is 10.7. The lowest BCUT2D eigenvalue weighted by Crippen LogP contribution is -2.26. The van der Waals surface area contributed by atoms with Crippen LogP contribution in [0.1, 0.15) is 35.0 Å². The highest BCUT2D eigenvalue weighted by atomic mass is 32.1. The van der Waals surface area contributed by atoms with Crippen LogP contribution in [0.3, 0.4) is 0 Å². The second kappa shape index (κ2) is 8.02. The molecule has 3 heterocycles. The zero-order chi connectivity index (χ0) is 18.6. The molecule has 1 amide bonds.